The Morgan fingerprint density at radius 3 is 2.68 bits per heavy atom. The van der Waals surface area contributed by atoms with Crippen LogP contribution in [0.1, 0.15) is 22.7 Å². The smallest absolute Gasteiger partial charge is 0.326 e. The molecule has 9 heteroatoms. The van der Waals surface area contributed by atoms with E-state index in [-0.39, 0.29) is 18.1 Å². The Morgan fingerprint density at radius 2 is 2.16 bits per heavy atom. The number of ether oxygens (including phenoxy) is 1. The summed E-state index contributed by atoms with van der Waals surface area (Å²) in [6, 6.07) is -0.258. The molecule has 1 rings (SSSR count). The van der Waals surface area contributed by atoms with Gasteiger partial charge in [-0.05, 0) is 0 Å². The van der Waals surface area contributed by atoms with E-state index in [4.69, 9.17) is 19.5 Å². The molecule has 0 bridgehead atoms. The molecule has 1 aromatic rings. The second-order valence-electron chi connectivity index (χ2n) is 3.57. The predicted molar refractivity (Wildman–Crippen MR) is 58.4 cm³/mol. The Balaban J connectivity index is 2.70. The van der Waals surface area contributed by atoms with E-state index in [1.807, 2.05) is 5.32 Å². The van der Waals surface area contributed by atoms with Crippen molar-refractivity contribution in [3.8, 4) is 0 Å². The fourth-order valence-electron chi connectivity index (χ4n) is 1.24. The molecule has 1 atom stereocenters. The normalized spacial score (nSPS) is 11.8. The molecular formula is C10H12N2O7. The first-order valence-corrected chi connectivity index (χ1v) is 5.14. The van der Waals surface area contributed by atoms with E-state index in [1.54, 1.807) is 0 Å². The highest BCUT2D eigenvalue weighted by Crippen LogP contribution is 2.05. The Bertz CT molecular complexity index is 482. The van der Waals surface area contributed by atoms with Gasteiger partial charge >= 0.3 is 11.9 Å². The molecule has 0 aliphatic carbocycles. The Kier molecular flexibility index (Phi) is 5.01. The van der Waals surface area contributed by atoms with Crippen LogP contribution in [0.2, 0.25) is 0 Å². The molecule has 0 spiro atoms. The molecule has 3 N–H and O–H groups in total. The lowest BCUT2D eigenvalue weighted by molar-refractivity contribution is -0.145. The maximum Gasteiger partial charge on any atom is 0.326 e. The molecule has 0 saturated heterocycles. The van der Waals surface area contributed by atoms with Crippen molar-refractivity contribution in [1.29, 1.82) is 0 Å². The van der Waals surface area contributed by atoms with Gasteiger partial charge in [-0.25, -0.2) is 4.79 Å². The van der Waals surface area contributed by atoms with Crippen LogP contribution >= 0.6 is 0 Å². The quantitative estimate of drug-likeness (QED) is 0.602. The molecule has 1 aromatic heterocycles. The minimum absolute atomic E-state index is 0.109. The summed E-state index contributed by atoms with van der Waals surface area (Å²) in [7, 11) is 1.43. The number of aliphatic carboxylic acids is 2. The number of hydrogen-bond acceptors (Lipinski definition) is 6. The molecule has 0 aliphatic rings. The number of aromatic nitrogens is 1. The standard InChI is InChI=1S/C10H12N2O7/c1-18-4-5-2-6(12-19-5)9(15)11-7(10(16)17)3-8(13)14/h2,7H,3-4H2,1H3,(H,11,15)(H,13,14)(H,16,17). The highest BCUT2D eigenvalue weighted by atomic mass is 16.5. The van der Waals surface area contributed by atoms with Gasteiger partial charge in [-0.3, -0.25) is 9.59 Å². The zero-order chi connectivity index (χ0) is 14.4. The SMILES string of the molecule is COCc1cc(C(=O)NC(CC(=O)O)C(=O)O)no1. The number of carboxylic acids is 2. The fourth-order valence-corrected chi connectivity index (χ4v) is 1.24. The van der Waals surface area contributed by atoms with Crippen molar-refractivity contribution in [2.75, 3.05) is 7.11 Å². The van der Waals surface area contributed by atoms with Crippen LogP contribution in [0.25, 0.3) is 0 Å². The zero-order valence-electron chi connectivity index (χ0n) is 9.95. The van der Waals surface area contributed by atoms with Crippen LogP contribution in [0.5, 0.6) is 0 Å². The van der Waals surface area contributed by atoms with E-state index >= 15 is 0 Å². The van der Waals surface area contributed by atoms with Crippen LogP contribution in [0, 0.1) is 0 Å². The Hall–Kier alpha value is -2.42. The molecular weight excluding hydrogens is 260 g/mol. The topological polar surface area (TPSA) is 139 Å². The summed E-state index contributed by atoms with van der Waals surface area (Å²) >= 11 is 0. The monoisotopic (exact) mass is 272 g/mol. The number of carbonyl (C=O) groups is 3. The van der Waals surface area contributed by atoms with Crippen LogP contribution in [0.4, 0.5) is 0 Å². The lowest BCUT2D eigenvalue weighted by Gasteiger charge is -2.10. The number of rotatable bonds is 7. The molecule has 1 amide bonds. The van der Waals surface area contributed by atoms with E-state index in [0.717, 1.165) is 0 Å². The van der Waals surface area contributed by atoms with Crippen molar-refractivity contribution in [2.45, 2.75) is 19.1 Å². The molecule has 104 valence electrons. The Morgan fingerprint density at radius 1 is 1.47 bits per heavy atom. The van der Waals surface area contributed by atoms with E-state index in [2.05, 4.69) is 5.16 Å². The summed E-state index contributed by atoms with van der Waals surface area (Å²) in [5.41, 5.74) is -0.149. The lowest BCUT2D eigenvalue weighted by Crippen LogP contribution is -2.42. The maximum atomic E-state index is 11.6. The van der Waals surface area contributed by atoms with Gasteiger partial charge in [0.25, 0.3) is 5.91 Å². The van der Waals surface area contributed by atoms with Crippen molar-refractivity contribution < 1.29 is 33.9 Å². The lowest BCUT2D eigenvalue weighted by atomic mass is 10.2. The van der Waals surface area contributed by atoms with Crippen LogP contribution < -0.4 is 5.32 Å². The van der Waals surface area contributed by atoms with Crippen LogP contribution in [0.15, 0.2) is 10.6 Å². The van der Waals surface area contributed by atoms with Crippen molar-refractivity contribution in [2.24, 2.45) is 0 Å². The van der Waals surface area contributed by atoms with Gasteiger partial charge in [0.15, 0.2) is 11.5 Å². The molecule has 0 fully saturated rings. The maximum absolute atomic E-state index is 11.6. The number of amides is 1. The molecule has 0 aliphatic heterocycles. The van der Waals surface area contributed by atoms with Crippen LogP contribution in [-0.2, 0) is 20.9 Å². The third kappa shape index (κ3) is 4.39. The molecule has 0 aromatic carbocycles. The zero-order valence-corrected chi connectivity index (χ0v) is 9.95. The van der Waals surface area contributed by atoms with Crippen molar-refractivity contribution in [1.82, 2.24) is 10.5 Å². The molecule has 0 saturated carbocycles. The summed E-state index contributed by atoms with van der Waals surface area (Å²) in [5.74, 6) is -3.33. The van der Waals surface area contributed by atoms with Gasteiger partial charge in [0, 0.05) is 13.2 Å². The summed E-state index contributed by atoms with van der Waals surface area (Å²) in [6.45, 7) is 0.109. The first-order valence-electron chi connectivity index (χ1n) is 5.14. The third-order valence-electron chi connectivity index (χ3n) is 2.06. The number of nitrogens with zero attached hydrogens (tertiary/aromatic N) is 1. The minimum atomic E-state index is -1.53. The molecule has 1 unspecified atom stereocenters. The second kappa shape index (κ2) is 6.50. The number of methoxy groups -OCH3 is 1. The minimum Gasteiger partial charge on any atom is -0.481 e. The fraction of sp³-hybridized carbons (Fsp3) is 0.400. The molecule has 1 heterocycles. The first kappa shape index (κ1) is 14.6. The molecule has 9 nitrogen and oxygen atoms in total. The van der Waals surface area contributed by atoms with Gasteiger partial charge in [0.1, 0.15) is 12.6 Å². The number of carboxylic acid groups (broad SMARTS) is 2. The van der Waals surface area contributed by atoms with Crippen molar-refractivity contribution in [3.05, 3.63) is 17.5 Å². The third-order valence-corrected chi connectivity index (χ3v) is 2.06. The number of nitrogens with one attached hydrogen (secondary N) is 1. The number of carbonyl (C=O) groups excluding carboxylic acids is 1. The highest BCUT2D eigenvalue weighted by molar-refractivity contribution is 5.95. The van der Waals surface area contributed by atoms with Crippen LogP contribution in [0.3, 0.4) is 0 Å². The summed E-state index contributed by atoms with van der Waals surface area (Å²) in [5, 5.41) is 22.7. The molecule has 0 radical (unpaired) electrons. The molecule has 19 heavy (non-hydrogen) atoms. The van der Waals surface area contributed by atoms with E-state index < -0.39 is 30.3 Å². The highest BCUT2D eigenvalue weighted by Gasteiger charge is 2.25. The van der Waals surface area contributed by atoms with Gasteiger partial charge in [0.2, 0.25) is 0 Å². The van der Waals surface area contributed by atoms with Crippen molar-refractivity contribution in [3.63, 3.8) is 0 Å². The number of hydrogen-bond donors (Lipinski definition) is 3. The average Bonchev–Trinajstić information content (AvgIpc) is 2.76. The summed E-state index contributed by atoms with van der Waals surface area (Å²) in [6.07, 6.45) is -0.732. The summed E-state index contributed by atoms with van der Waals surface area (Å²) < 4.78 is 9.51. The van der Waals surface area contributed by atoms with E-state index in [0.29, 0.717) is 0 Å². The van der Waals surface area contributed by atoms with Gasteiger partial charge in [0.05, 0.1) is 6.42 Å². The first-order chi connectivity index (χ1) is 8.93. The predicted octanol–water partition coefficient (Wildman–Crippen LogP) is -0.521. The van der Waals surface area contributed by atoms with Gasteiger partial charge in [-0.2, -0.15) is 0 Å². The van der Waals surface area contributed by atoms with E-state index in [9.17, 15) is 14.4 Å². The largest absolute Gasteiger partial charge is 0.481 e. The van der Waals surface area contributed by atoms with Crippen LogP contribution in [-0.4, -0.2) is 46.4 Å². The van der Waals surface area contributed by atoms with Gasteiger partial charge in [-0.1, -0.05) is 5.16 Å². The van der Waals surface area contributed by atoms with Crippen molar-refractivity contribution >= 4 is 17.8 Å². The van der Waals surface area contributed by atoms with Gasteiger partial charge < -0.3 is 24.8 Å². The van der Waals surface area contributed by atoms with E-state index in [1.165, 1.54) is 13.2 Å². The average molecular weight is 272 g/mol. The Labute approximate surface area is 107 Å². The summed E-state index contributed by atoms with van der Waals surface area (Å²) in [4.78, 5) is 32.9. The second-order valence-corrected chi connectivity index (χ2v) is 3.57. The van der Waals surface area contributed by atoms with Gasteiger partial charge in [-0.15, -0.1) is 0 Å².